The molecule has 0 radical (unpaired) electrons. The van der Waals surface area contributed by atoms with Crippen molar-refractivity contribution < 1.29 is 0 Å². The fraction of sp³-hybridized carbons (Fsp3) is 0. The van der Waals surface area contributed by atoms with Crippen molar-refractivity contribution in [3.8, 4) is 33.6 Å². The van der Waals surface area contributed by atoms with E-state index in [9.17, 15) is 0 Å². The third-order valence-corrected chi connectivity index (χ3v) is 7.76. The van der Waals surface area contributed by atoms with Gasteiger partial charge in [-0.2, -0.15) is 5.10 Å². The lowest BCUT2D eigenvalue weighted by atomic mass is 9.94. The van der Waals surface area contributed by atoms with Crippen molar-refractivity contribution in [1.29, 1.82) is 0 Å². The molecule has 2 aromatic heterocycles. The minimum Gasteiger partial charge on any atom is -0.232 e. The number of fused-ring (bicyclic) bond motifs is 5. The van der Waals surface area contributed by atoms with Crippen LogP contribution in [0.3, 0.4) is 0 Å². The lowest BCUT2D eigenvalue weighted by molar-refractivity contribution is 0.981. The van der Waals surface area contributed by atoms with Gasteiger partial charge in [0.25, 0.3) is 0 Å². The molecular formula is C37H24N2. The largest absolute Gasteiger partial charge is 0.232 e. The fourth-order valence-electron chi connectivity index (χ4n) is 5.91. The molecule has 39 heavy (non-hydrogen) atoms. The molecule has 0 amide bonds. The highest BCUT2D eigenvalue weighted by atomic mass is 15.2. The first-order valence-corrected chi connectivity index (χ1v) is 13.3. The fourth-order valence-corrected chi connectivity index (χ4v) is 5.91. The summed E-state index contributed by atoms with van der Waals surface area (Å²) in [7, 11) is 0. The Bertz CT molecular complexity index is 2100. The summed E-state index contributed by atoms with van der Waals surface area (Å²) in [5.74, 6) is 0. The van der Waals surface area contributed by atoms with Crippen molar-refractivity contribution in [2.24, 2.45) is 0 Å². The monoisotopic (exact) mass is 496 g/mol. The SMILES string of the molecule is c1ccc(-c2ccc3cc(-c4ccccc4)n4nc(-c5c6ccccc6cc6ccccc56)cc4c3c2)cc1. The summed E-state index contributed by atoms with van der Waals surface area (Å²) >= 11 is 0. The van der Waals surface area contributed by atoms with Gasteiger partial charge in [0.2, 0.25) is 0 Å². The van der Waals surface area contributed by atoms with E-state index in [0.29, 0.717) is 0 Å². The smallest absolute Gasteiger partial charge is 0.0946 e. The van der Waals surface area contributed by atoms with E-state index in [0.717, 1.165) is 22.5 Å². The van der Waals surface area contributed by atoms with Crippen LogP contribution < -0.4 is 0 Å². The second-order valence-electron chi connectivity index (χ2n) is 10.1. The van der Waals surface area contributed by atoms with Gasteiger partial charge in [-0.3, -0.25) is 0 Å². The lowest BCUT2D eigenvalue weighted by Gasteiger charge is -2.11. The predicted octanol–water partition coefficient (Wildman–Crippen LogP) is 9.79. The summed E-state index contributed by atoms with van der Waals surface area (Å²) in [5, 5.41) is 12.6. The van der Waals surface area contributed by atoms with Crippen molar-refractivity contribution in [2.45, 2.75) is 0 Å². The van der Waals surface area contributed by atoms with E-state index in [1.165, 1.54) is 49.0 Å². The molecule has 0 saturated heterocycles. The number of aromatic nitrogens is 2. The quantitative estimate of drug-likeness (QED) is 0.223. The molecule has 0 aliphatic heterocycles. The Balaban J connectivity index is 1.49. The summed E-state index contributed by atoms with van der Waals surface area (Å²) in [4.78, 5) is 0. The van der Waals surface area contributed by atoms with Gasteiger partial charge in [-0.1, -0.05) is 121 Å². The standard InChI is InChI=1S/C37H24N2/c1-3-11-25(12-4-1)27-19-20-30-23-35(26-13-5-2-6-14-26)39-36(33(30)22-27)24-34(38-39)37-31-17-9-7-15-28(31)21-29-16-8-10-18-32(29)37/h1-24H. The average Bonchev–Trinajstić information content (AvgIpc) is 3.45. The Morgan fingerprint density at radius 1 is 0.410 bits per heavy atom. The summed E-state index contributed by atoms with van der Waals surface area (Å²) in [6, 6.07) is 52.0. The van der Waals surface area contributed by atoms with Gasteiger partial charge >= 0.3 is 0 Å². The summed E-state index contributed by atoms with van der Waals surface area (Å²) in [5.41, 5.74) is 7.92. The predicted molar refractivity (Wildman–Crippen MR) is 164 cm³/mol. The van der Waals surface area contributed by atoms with E-state index >= 15 is 0 Å². The molecule has 6 aromatic carbocycles. The maximum absolute atomic E-state index is 5.33. The molecule has 0 N–H and O–H groups in total. The molecule has 0 fully saturated rings. The second-order valence-corrected chi connectivity index (χ2v) is 10.1. The Morgan fingerprint density at radius 3 is 1.69 bits per heavy atom. The molecule has 2 heteroatoms. The van der Waals surface area contributed by atoms with E-state index in [1.807, 2.05) is 0 Å². The van der Waals surface area contributed by atoms with Crippen LogP contribution in [0.5, 0.6) is 0 Å². The highest BCUT2D eigenvalue weighted by Crippen LogP contribution is 2.39. The molecule has 0 spiro atoms. The zero-order chi connectivity index (χ0) is 25.8. The number of nitrogens with zero attached hydrogens (tertiary/aromatic N) is 2. The van der Waals surface area contributed by atoms with Crippen LogP contribution in [0.2, 0.25) is 0 Å². The molecule has 8 aromatic rings. The lowest BCUT2D eigenvalue weighted by Crippen LogP contribution is -1.96. The molecule has 182 valence electrons. The van der Waals surface area contributed by atoms with Gasteiger partial charge < -0.3 is 0 Å². The molecular weight excluding hydrogens is 472 g/mol. The molecule has 0 unspecified atom stereocenters. The van der Waals surface area contributed by atoms with Crippen molar-refractivity contribution in [2.75, 3.05) is 0 Å². The van der Waals surface area contributed by atoms with Crippen LogP contribution >= 0.6 is 0 Å². The van der Waals surface area contributed by atoms with Gasteiger partial charge in [-0.05, 0) is 62.3 Å². The summed E-state index contributed by atoms with van der Waals surface area (Å²) in [6.45, 7) is 0. The van der Waals surface area contributed by atoms with E-state index in [2.05, 4.69) is 150 Å². The van der Waals surface area contributed by atoms with Crippen molar-refractivity contribution in [1.82, 2.24) is 9.61 Å². The maximum Gasteiger partial charge on any atom is 0.0946 e. The van der Waals surface area contributed by atoms with E-state index in [-0.39, 0.29) is 0 Å². The highest BCUT2D eigenvalue weighted by Gasteiger charge is 2.17. The molecule has 0 bridgehead atoms. The molecule has 0 atom stereocenters. The van der Waals surface area contributed by atoms with Gasteiger partial charge in [0.15, 0.2) is 0 Å². The maximum atomic E-state index is 5.33. The zero-order valence-electron chi connectivity index (χ0n) is 21.3. The summed E-state index contributed by atoms with van der Waals surface area (Å²) < 4.78 is 2.14. The first-order valence-electron chi connectivity index (χ1n) is 13.3. The summed E-state index contributed by atoms with van der Waals surface area (Å²) in [6.07, 6.45) is 0. The number of pyridine rings is 1. The van der Waals surface area contributed by atoms with Crippen molar-refractivity contribution >= 4 is 37.8 Å². The van der Waals surface area contributed by atoms with Gasteiger partial charge in [-0.15, -0.1) is 0 Å². The van der Waals surface area contributed by atoms with Crippen LogP contribution in [0.25, 0.3) is 71.5 Å². The van der Waals surface area contributed by atoms with Crippen LogP contribution in [-0.2, 0) is 0 Å². The molecule has 8 rings (SSSR count). The molecule has 0 aliphatic rings. The van der Waals surface area contributed by atoms with E-state index < -0.39 is 0 Å². The normalized spacial score (nSPS) is 11.6. The molecule has 0 saturated carbocycles. The van der Waals surface area contributed by atoms with Gasteiger partial charge in [0.1, 0.15) is 0 Å². The van der Waals surface area contributed by atoms with Crippen LogP contribution in [0.1, 0.15) is 0 Å². The average molecular weight is 497 g/mol. The Kier molecular flexibility index (Phi) is 4.86. The Morgan fingerprint density at radius 2 is 1.00 bits per heavy atom. The van der Waals surface area contributed by atoms with Crippen molar-refractivity contribution in [3.63, 3.8) is 0 Å². The van der Waals surface area contributed by atoms with Crippen LogP contribution in [-0.4, -0.2) is 9.61 Å². The number of hydrogen-bond donors (Lipinski definition) is 0. The topological polar surface area (TPSA) is 17.3 Å². The van der Waals surface area contributed by atoms with Crippen LogP contribution in [0.15, 0.2) is 146 Å². The minimum atomic E-state index is 0.984. The molecule has 2 nitrogen and oxygen atoms in total. The molecule has 2 heterocycles. The third-order valence-electron chi connectivity index (χ3n) is 7.76. The van der Waals surface area contributed by atoms with Crippen molar-refractivity contribution in [3.05, 3.63) is 146 Å². The van der Waals surface area contributed by atoms with Crippen LogP contribution in [0.4, 0.5) is 0 Å². The first-order chi connectivity index (χ1) is 19.3. The number of rotatable bonds is 3. The van der Waals surface area contributed by atoms with Gasteiger partial charge in [0.05, 0.1) is 16.9 Å². The minimum absolute atomic E-state index is 0.984. The molecule has 0 aliphatic carbocycles. The Labute approximate surface area is 226 Å². The number of hydrogen-bond acceptors (Lipinski definition) is 1. The van der Waals surface area contributed by atoms with E-state index in [1.54, 1.807) is 0 Å². The second kappa shape index (κ2) is 8.68. The third kappa shape index (κ3) is 3.53. The van der Waals surface area contributed by atoms with E-state index in [4.69, 9.17) is 5.10 Å². The Hall–Kier alpha value is -5.21. The van der Waals surface area contributed by atoms with Crippen LogP contribution in [0, 0.1) is 0 Å². The van der Waals surface area contributed by atoms with Gasteiger partial charge in [-0.25, -0.2) is 4.52 Å². The van der Waals surface area contributed by atoms with Gasteiger partial charge in [0, 0.05) is 16.5 Å². The number of benzene rings is 6. The zero-order valence-corrected chi connectivity index (χ0v) is 21.3. The first kappa shape index (κ1) is 21.8. The highest BCUT2D eigenvalue weighted by molar-refractivity contribution is 6.13.